The van der Waals surface area contributed by atoms with Crippen molar-refractivity contribution in [3.05, 3.63) is 260 Å². The van der Waals surface area contributed by atoms with Crippen molar-refractivity contribution in [2.75, 3.05) is 79.7 Å². The Kier molecular flexibility index (Phi) is 54.7. The molecule has 6 atom stereocenters. The summed E-state index contributed by atoms with van der Waals surface area (Å²) in [6.07, 6.45) is 0.510. The number of alkyl halides is 1. The quantitative estimate of drug-likeness (QED) is 0.00631. The van der Waals surface area contributed by atoms with Crippen LogP contribution >= 0.6 is 38.5 Å². The number of phenolic OH excluding ortho intramolecular Hbond substituents is 4. The Balaban J connectivity index is 0.00000159. The van der Waals surface area contributed by atoms with Gasteiger partial charge in [0, 0.05) is 48.5 Å². The van der Waals surface area contributed by atoms with E-state index in [9.17, 15) is 63.3 Å². The Morgan fingerprint density at radius 3 is 0.963 bits per heavy atom. The molecule has 0 bridgehead atoms. The number of carbonyl (C=O) groups excluding carboxylic acids is 10. The third kappa shape index (κ3) is 48.3. The maximum atomic E-state index is 12.7. The van der Waals surface area contributed by atoms with Crippen LogP contribution in [0, 0.1) is 24.9 Å². The molecular formula is C100H141BrIN11O23. The first-order valence-corrected chi connectivity index (χ1v) is 45.6. The third-order valence-corrected chi connectivity index (χ3v) is 20.1. The van der Waals surface area contributed by atoms with Gasteiger partial charge in [-0.3, -0.25) is 29.0 Å². The van der Waals surface area contributed by atoms with Crippen molar-refractivity contribution in [1.82, 2.24) is 40.9 Å². The second-order valence-electron chi connectivity index (χ2n) is 35.3. The summed E-state index contributed by atoms with van der Waals surface area (Å²) in [5.41, 5.74) is 22.4. The molecule has 34 nitrogen and oxygen atoms in total. The van der Waals surface area contributed by atoms with Crippen LogP contribution in [-0.2, 0) is 70.1 Å². The minimum Gasteiger partial charge on any atom is -0.508 e. The van der Waals surface area contributed by atoms with Crippen LogP contribution < -0.4 is 27.0 Å². The van der Waals surface area contributed by atoms with E-state index in [2.05, 4.69) is 51.6 Å². The first-order chi connectivity index (χ1) is 63.2. The van der Waals surface area contributed by atoms with E-state index in [1.54, 1.807) is 199 Å². The number of nitrogens with zero attached hydrogens (tertiary/aromatic N) is 4. The van der Waals surface area contributed by atoms with Gasteiger partial charge in [-0.05, 0) is 270 Å². The van der Waals surface area contributed by atoms with E-state index in [0.717, 1.165) is 38.7 Å². The molecule has 0 aromatic heterocycles. The molecule has 748 valence electrons. The number of rotatable bonds is 25. The second-order valence-corrected chi connectivity index (χ2v) is 37.1. The number of nitrogens with two attached hydrogens (primary N) is 1. The number of likely N-dealkylation sites (N-methyl/N-ethyl adjacent to an activating group) is 2. The third-order valence-electron chi connectivity index (χ3n) is 18.7. The molecule has 16 N–H and O–H groups in total. The Morgan fingerprint density at radius 1 is 0.419 bits per heavy atom. The van der Waals surface area contributed by atoms with Gasteiger partial charge in [-0.2, -0.15) is 0 Å². The standard InChI is InChI=1S/C23H26N2O4.C19H20N2O3.C15H21NO5.C15H23NO3.C11H18N2O.C9H16INO4.C6H5BrO.C2H6O.H2N2.H2O.H2/c1-15-9-11-16(12-10-15)13-17(24-22(28)29-23(2,3)4)14-25-20(26)18-7-5-6-8-19(18)21(25)27;1-20(2)14(11-13-7-9-15(22)10-8-13)12-21-18(23)16-5-3-4-6-17(16)19(21)24;1-15(2,3)21-14(19)16-12(13(18)20-4)9-10-5-7-11(17)8-6-10;1-11-5-7-12(8-6-11)9-13(10-17)16-14(18)19-15(2,3)4;1-13(2)10(8-12)7-9-3-5-11(14)6-4-9;1-9(2,3)15-8(13)11-6(5-10)7(12)14-4;7-5-1-3-6(8)4-2-5;1-2-3;1-2;;/h5-12,17H,13-14H2,1-4H3,(H,24,28);3-10,14,22H,11-12H2,1-2H3;5-8,12,17H,9H2,1-4H3,(H,16,19);5-8,13,17H,9-10H2,1-4H3,(H,16,18);3-6,10,14H,7-8,12H2,1-2H3;6H,5H2,1-4H3,(H,11,13);1-4,8H;3H,2H2,1H3;1-2H;1H2;1H/t17-;14-;12-;13-;10-;6-;;;;;/m000000...../s1. The van der Waals surface area contributed by atoms with Crippen LogP contribution in [0.1, 0.15) is 172 Å². The molecule has 36 heteroatoms. The van der Waals surface area contributed by atoms with Crippen LogP contribution in [0.15, 0.2) is 199 Å². The number of imide groups is 2. The molecule has 8 aromatic rings. The molecule has 2 aliphatic heterocycles. The number of phenols is 4. The molecule has 136 heavy (non-hydrogen) atoms. The topological polar surface area (TPSA) is 514 Å². The predicted molar refractivity (Wildman–Crippen MR) is 535 cm³/mol. The number of methoxy groups -OCH3 is 2. The fourth-order valence-corrected chi connectivity index (χ4v) is 12.9. The van der Waals surface area contributed by atoms with Crippen molar-refractivity contribution in [3.63, 3.8) is 0 Å². The summed E-state index contributed by atoms with van der Waals surface area (Å²) in [6.45, 7) is 28.1. The van der Waals surface area contributed by atoms with Crippen molar-refractivity contribution in [3.8, 4) is 23.0 Å². The van der Waals surface area contributed by atoms with Crippen LogP contribution in [0.2, 0.25) is 0 Å². The Hall–Kier alpha value is -12.2. The predicted octanol–water partition coefficient (Wildman–Crippen LogP) is 14.8. The first kappa shape index (κ1) is 122. The average molecular weight is 2070 g/mol. The molecule has 0 saturated heterocycles. The summed E-state index contributed by atoms with van der Waals surface area (Å²) >= 11 is 5.22. The largest absolute Gasteiger partial charge is 0.508 e. The molecule has 2 aliphatic rings. The van der Waals surface area contributed by atoms with Gasteiger partial charge in [0.25, 0.3) is 23.6 Å². The zero-order valence-electron chi connectivity index (χ0n) is 81.6. The van der Waals surface area contributed by atoms with E-state index < -0.39 is 76.8 Å². The van der Waals surface area contributed by atoms with Gasteiger partial charge in [-0.1, -0.05) is 159 Å². The number of amides is 8. The van der Waals surface area contributed by atoms with Gasteiger partial charge in [-0.25, -0.2) is 39.8 Å². The van der Waals surface area contributed by atoms with Crippen molar-refractivity contribution >= 4 is 98.5 Å². The number of aryl methyl sites for hydroxylation is 2. The first-order valence-electron chi connectivity index (χ1n) is 43.2. The van der Waals surface area contributed by atoms with Gasteiger partial charge in [0.1, 0.15) is 57.5 Å². The zero-order chi connectivity index (χ0) is 102. The number of aliphatic hydroxyl groups excluding tert-OH is 2. The van der Waals surface area contributed by atoms with Crippen molar-refractivity contribution < 1.29 is 114 Å². The number of esters is 2. The Morgan fingerprint density at radius 2 is 0.676 bits per heavy atom. The molecule has 0 unspecified atom stereocenters. The number of benzene rings is 8. The number of carbonyl (C=O) groups is 10. The summed E-state index contributed by atoms with van der Waals surface area (Å²) in [7, 11) is 10.4. The van der Waals surface area contributed by atoms with Crippen molar-refractivity contribution in [2.24, 2.45) is 5.73 Å². The fourth-order valence-electron chi connectivity index (χ4n) is 12.1. The normalized spacial score (nSPS) is 12.9. The van der Waals surface area contributed by atoms with Crippen molar-refractivity contribution in [1.29, 1.82) is 11.1 Å². The van der Waals surface area contributed by atoms with E-state index in [1.165, 1.54) is 47.3 Å². The molecule has 8 aromatic carbocycles. The maximum Gasteiger partial charge on any atom is 0.408 e. The van der Waals surface area contributed by atoms with Crippen LogP contribution in [-0.4, -0.2) is 254 Å². The zero-order valence-corrected chi connectivity index (χ0v) is 85.3. The lowest BCUT2D eigenvalue weighted by Gasteiger charge is -2.28. The van der Waals surface area contributed by atoms with Gasteiger partial charge in [0.2, 0.25) is 0 Å². The van der Waals surface area contributed by atoms with Gasteiger partial charge in [0.05, 0.1) is 61.7 Å². The molecule has 0 radical (unpaired) electrons. The lowest BCUT2D eigenvalue weighted by molar-refractivity contribution is -0.143. The number of ether oxygens (including phenoxy) is 6. The number of alkyl carbamates (subject to hydrolysis) is 4. The number of aromatic hydroxyl groups is 4. The number of hydrogen-bond donors (Lipinski definition) is 13. The van der Waals surface area contributed by atoms with E-state index in [1.807, 2.05) is 142 Å². The van der Waals surface area contributed by atoms with E-state index >= 15 is 0 Å². The molecule has 0 spiro atoms. The molecule has 0 fully saturated rings. The van der Waals surface area contributed by atoms with E-state index in [-0.39, 0.29) is 80.3 Å². The smallest absolute Gasteiger partial charge is 0.408 e. The highest BCUT2D eigenvalue weighted by atomic mass is 127. The van der Waals surface area contributed by atoms with Crippen LogP contribution in [0.3, 0.4) is 0 Å². The molecular weight excluding hydrogens is 1930 g/mol. The van der Waals surface area contributed by atoms with Crippen LogP contribution in [0.4, 0.5) is 19.2 Å². The van der Waals surface area contributed by atoms with E-state index in [4.69, 9.17) is 51.1 Å². The Labute approximate surface area is 822 Å². The molecule has 2 heterocycles. The van der Waals surface area contributed by atoms with Gasteiger partial charge >= 0.3 is 36.3 Å². The summed E-state index contributed by atoms with van der Waals surface area (Å²) in [4.78, 5) is 127. The minimum atomic E-state index is -0.852. The van der Waals surface area contributed by atoms with Gasteiger partial charge < -0.3 is 101 Å². The lowest BCUT2D eigenvalue weighted by Crippen LogP contribution is -2.48. The van der Waals surface area contributed by atoms with Gasteiger partial charge in [-0.15, -0.1) is 0 Å². The molecule has 0 aliphatic carbocycles. The number of hydrogen-bond acceptors (Lipinski definition) is 27. The van der Waals surface area contributed by atoms with Crippen LogP contribution in [0.5, 0.6) is 23.0 Å². The van der Waals surface area contributed by atoms with Crippen LogP contribution in [0.25, 0.3) is 0 Å². The monoisotopic (exact) mass is 2070 g/mol. The van der Waals surface area contributed by atoms with E-state index in [0.29, 0.717) is 76.6 Å². The summed E-state index contributed by atoms with van der Waals surface area (Å²) in [5.74, 6) is -1.22. The highest BCUT2D eigenvalue weighted by Crippen LogP contribution is 2.27. The number of aliphatic hydroxyl groups is 2. The number of nitrogens with one attached hydrogen (secondary N) is 6. The second kappa shape index (κ2) is 61.0. The SMILES string of the molecule is CCO.CN(C)[C@@H](Cc1ccc(O)cc1)CN1C(=O)c2ccccc2C1=O.CN(C)[C@H](CN)Cc1ccc(O)cc1.COC(=O)[C@H](CI)NC(=O)OC(C)(C)C.COC(=O)[C@H](Cc1ccc(O)cc1)NC(=O)OC(C)(C)C.Cc1ccc(C[C@@H](CN2C(=O)c3ccccc3C2=O)NC(=O)OC(C)(C)C)cc1.Cc1ccc(C[C@@H](CO)NC(=O)OC(C)(C)C)cc1.N=N.O.Oc1ccc(Br)cc1.[HH]. The number of fused-ring (bicyclic) bond motifs is 2. The van der Waals surface area contributed by atoms with Crippen molar-refractivity contribution in [2.45, 2.75) is 195 Å². The lowest BCUT2D eigenvalue weighted by atomic mass is 10.0. The fraction of sp³-hybridized carbons (Fsp3) is 0.420. The summed E-state index contributed by atoms with van der Waals surface area (Å²) < 4.78 is 31.3. The number of halogens is 2. The molecule has 10 rings (SSSR count). The summed E-state index contributed by atoms with van der Waals surface area (Å²) in [5, 5.41) is 63.8. The molecule has 8 amide bonds. The maximum absolute atomic E-state index is 12.7. The minimum absolute atomic E-state index is 0. The Bertz CT molecular complexity index is 4890. The highest BCUT2D eigenvalue weighted by Gasteiger charge is 2.39. The van der Waals surface area contributed by atoms with Gasteiger partial charge in [0.15, 0.2) is 0 Å². The highest BCUT2D eigenvalue weighted by molar-refractivity contribution is 14.1. The summed E-state index contributed by atoms with van der Waals surface area (Å²) in [6, 6.07) is 55.1. The average Bonchev–Trinajstić information content (AvgIpc) is 1.64. The molecule has 0 saturated carbocycles.